The molecular weight excluding hydrogens is 373 g/mol. The molecule has 3 heterocycles. The molecule has 1 amide bonds. The van der Waals surface area contributed by atoms with Crippen molar-refractivity contribution in [2.75, 3.05) is 0 Å². The van der Waals surface area contributed by atoms with Crippen LogP contribution >= 0.6 is 24.0 Å². The van der Waals surface area contributed by atoms with Crippen LogP contribution in [0.4, 0.5) is 4.39 Å². The number of halogens is 1. The monoisotopic (exact) mass is 381 g/mol. The highest BCUT2D eigenvalue weighted by Gasteiger charge is 2.23. The number of carbonyl (C=O) groups is 1. The van der Waals surface area contributed by atoms with Gasteiger partial charge in [-0.25, -0.2) is 4.39 Å². The number of hydrogen-bond acceptors (Lipinski definition) is 6. The minimum atomic E-state index is -0.608. The minimum absolute atomic E-state index is 0.0287. The molecule has 0 aliphatic carbocycles. The number of carbonyl (C=O) groups excluding carboxylic acids is 1. The lowest BCUT2D eigenvalue weighted by Gasteiger charge is -2.03. The number of aromatic nitrogens is 1. The number of thioether (sulfide) groups is 1. The van der Waals surface area contributed by atoms with Gasteiger partial charge in [-0.05, 0) is 23.8 Å². The zero-order valence-electron chi connectivity index (χ0n) is 12.9. The van der Waals surface area contributed by atoms with Crippen molar-refractivity contribution < 1.29 is 13.6 Å². The van der Waals surface area contributed by atoms with Crippen molar-refractivity contribution in [3.8, 4) is 17.2 Å². The molecule has 5 nitrogen and oxygen atoms in total. The smallest absolute Gasteiger partial charge is 0.263 e. The third-order valence-electron chi connectivity index (χ3n) is 3.76. The Bertz CT molecular complexity index is 1160. The van der Waals surface area contributed by atoms with E-state index in [2.05, 4.69) is 10.3 Å². The molecule has 0 atom stereocenters. The molecule has 2 aromatic heterocycles. The largest absolute Gasteiger partial charge is 0.456 e. The van der Waals surface area contributed by atoms with E-state index >= 15 is 0 Å². The number of amides is 1. The molecule has 0 radical (unpaired) electrons. The number of furan rings is 1. The summed E-state index contributed by atoms with van der Waals surface area (Å²) >= 11 is 6.12. The Labute approximate surface area is 156 Å². The van der Waals surface area contributed by atoms with Crippen LogP contribution in [0.2, 0.25) is 0 Å². The van der Waals surface area contributed by atoms with Gasteiger partial charge in [-0.3, -0.25) is 9.78 Å². The zero-order valence-corrected chi connectivity index (χ0v) is 14.6. The van der Waals surface area contributed by atoms with E-state index in [1.807, 2.05) is 0 Å². The van der Waals surface area contributed by atoms with E-state index in [1.165, 1.54) is 12.1 Å². The van der Waals surface area contributed by atoms with E-state index < -0.39 is 5.82 Å². The number of pyridine rings is 1. The fourth-order valence-corrected chi connectivity index (χ4v) is 3.61. The second-order valence-corrected chi connectivity index (χ2v) is 7.13. The highest BCUT2D eigenvalue weighted by Crippen LogP contribution is 2.33. The lowest BCUT2D eigenvalue weighted by molar-refractivity contribution is -0.115. The van der Waals surface area contributed by atoms with Crippen LogP contribution in [0, 0.1) is 17.1 Å². The molecule has 0 bridgehead atoms. The van der Waals surface area contributed by atoms with Crippen LogP contribution < -0.4 is 5.32 Å². The van der Waals surface area contributed by atoms with Gasteiger partial charge in [0.2, 0.25) is 0 Å². The molecule has 8 heteroatoms. The second kappa shape index (κ2) is 6.37. The first-order valence-electron chi connectivity index (χ1n) is 7.37. The summed E-state index contributed by atoms with van der Waals surface area (Å²) in [7, 11) is 0. The SMILES string of the molecule is N#Cc1ccc(-c2cncc3cc(/C=C4/SC(=S)NC4=O)oc23)cc1F. The van der Waals surface area contributed by atoms with E-state index in [0.29, 0.717) is 37.1 Å². The second-order valence-electron chi connectivity index (χ2n) is 5.41. The average Bonchev–Trinajstić information content (AvgIpc) is 3.16. The van der Waals surface area contributed by atoms with Crippen LogP contribution in [0.15, 0.2) is 46.0 Å². The van der Waals surface area contributed by atoms with Crippen molar-refractivity contribution in [2.45, 2.75) is 0 Å². The summed E-state index contributed by atoms with van der Waals surface area (Å²) in [6.45, 7) is 0. The van der Waals surface area contributed by atoms with Gasteiger partial charge in [0.05, 0.1) is 10.5 Å². The van der Waals surface area contributed by atoms with E-state index in [1.54, 1.807) is 36.7 Å². The highest BCUT2D eigenvalue weighted by molar-refractivity contribution is 8.26. The molecule has 1 N–H and O–H groups in total. The number of nitriles is 1. The van der Waals surface area contributed by atoms with E-state index in [0.717, 1.165) is 11.8 Å². The van der Waals surface area contributed by atoms with E-state index in [4.69, 9.17) is 21.9 Å². The molecule has 1 aliphatic rings. The number of fused-ring (bicyclic) bond motifs is 1. The third-order valence-corrected chi connectivity index (χ3v) is 4.92. The Hall–Kier alpha value is -3.02. The molecule has 3 aromatic rings. The first kappa shape index (κ1) is 16.4. The van der Waals surface area contributed by atoms with Crippen molar-refractivity contribution in [3.63, 3.8) is 0 Å². The summed E-state index contributed by atoms with van der Waals surface area (Å²) in [6, 6.07) is 7.86. The molecule has 0 spiro atoms. The summed E-state index contributed by atoms with van der Waals surface area (Å²) in [4.78, 5) is 16.4. The maximum atomic E-state index is 13.9. The van der Waals surface area contributed by atoms with Crippen molar-refractivity contribution in [2.24, 2.45) is 0 Å². The first-order valence-corrected chi connectivity index (χ1v) is 8.60. The molecule has 1 aromatic carbocycles. The van der Waals surface area contributed by atoms with Gasteiger partial charge in [-0.2, -0.15) is 5.26 Å². The number of thiocarbonyl (C=S) groups is 1. The molecule has 0 unspecified atom stereocenters. The molecule has 1 aliphatic heterocycles. The molecule has 1 fully saturated rings. The summed E-state index contributed by atoms with van der Waals surface area (Å²) < 4.78 is 20.2. The van der Waals surface area contributed by atoms with Crippen molar-refractivity contribution in [3.05, 3.63) is 58.7 Å². The number of benzene rings is 1. The third kappa shape index (κ3) is 2.87. The van der Waals surface area contributed by atoms with Crippen LogP contribution in [-0.2, 0) is 4.79 Å². The van der Waals surface area contributed by atoms with Gasteiger partial charge >= 0.3 is 0 Å². The van der Waals surface area contributed by atoms with Crippen LogP contribution in [0.25, 0.3) is 28.2 Å². The predicted molar refractivity (Wildman–Crippen MR) is 100 cm³/mol. The van der Waals surface area contributed by atoms with Crippen molar-refractivity contribution in [1.82, 2.24) is 10.3 Å². The lowest BCUT2D eigenvalue weighted by Crippen LogP contribution is -2.17. The fraction of sp³-hybridized carbons (Fsp3) is 0. The van der Waals surface area contributed by atoms with Gasteiger partial charge in [0.25, 0.3) is 5.91 Å². The Morgan fingerprint density at radius 3 is 2.88 bits per heavy atom. The molecule has 26 heavy (non-hydrogen) atoms. The molecule has 0 saturated carbocycles. The number of rotatable bonds is 2. The summed E-state index contributed by atoms with van der Waals surface area (Å²) in [5.74, 6) is -0.415. The summed E-state index contributed by atoms with van der Waals surface area (Å²) in [5.41, 5.74) is 1.62. The van der Waals surface area contributed by atoms with Crippen molar-refractivity contribution in [1.29, 1.82) is 5.26 Å². The molecule has 1 saturated heterocycles. The van der Waals surface area contributed by atoms with Gasteiger partial charge in [0.1, 0.15) is 27.6 Å². The molecular formula is C18H8FN3O2S2. The van der Waals surface area contributed by atoms with Gasteiger partial charge in [-0.15, -0.1) is 0 Å². The van der Waals surface area contributed by atoms with Gasteiger partial charge < -0.3 is 9.73 Å². The Balaban J connectivity index is 1.81. The topological polar surface area (TPSA) is 78.9 Å². The standard InChI is InChI=1S/C18H8FN3O2S2/c19-14-4-9(1-2-10(14)6-20)13-8-21-7-11-3-12(24-16(11)13)5-15-17(23)22-18(25)26-15/h1-5,7-8H,(H,22,23,25)/b15-5+. The fourth-order valence-electron chi connectivity index (χ4n) is 2.58. The lowest BCUT2D eigenvalue weighted by atomic mass is 10.0. The normalized spacial score (nSPS) is 15.5. The highest BCUT2D eigenvalue weighted by atomic mass is 32.2. The Morgan fingerprint density at radius 2 is 2.19 bits per heavy atom. The van der Waals surface area contributed by atoms with E-state index in [-0.39, 0.29) is 11.5 Å². The van der Waals surface area contributed by atoms with Crippen LogP contribution in [0.1, 0.15) is 11.3 Å². The Morgan fingerprint density at radius 1 is 1.35 bits per heavy atom. The Kier molecular flexibility index (Phi) is 4.03. The van der Waals surface area contributed by atoms with Crippen LogP contribution in [0.5, 0.6) is 0 Å². The molecule has 4 rings (SSSR count). The van der Waals surface area contributed by atoms with Gasteiger partial charge in [-0.1, -0.05) is 30.0 Å². The van der Waals surface area contributed by atoms with E-state index in [9.17, 15) is 9.18 Å². The van der Waals surface area contributed by atoms with Gasteiger partial charge in [0, 0.05) is 29.4 Å². The summed E-state index contributed by atoms with van der Waals surface area (Å²) in [5, 5.41) is 12.1. The predicted octanol–water partition coefficient (Wildman–Crippen LogP) is 3.99. The van der Waals surface area contributed by atoms with Crippen LogP contribution in [0.3, 0.4) is 0 Å². The summed E-state index contributed by atoms with van der Waals surface area (Å²) in [6.07, 6.45) is 4.79. The van der Waals surface area contributed by atoms with Gasteiger partial charge in [0.15, 0.2) is 0 Å². The quantitative estimate of drug-likeness (QED) is 0.534. The minimum Gasteiger partial charge on any atom is -0.456 e. The maximum Gasteiger partial charge on any atom is 0.263 e. The van der Waals surface area contributed by atoms with Crippen molar-refractivity contribution >= 4 is 51.3 Å². The number of nitrogens with one attached hydrogen (secondary N) is 1. The molecule has 126 valence electrons. The van der Waals surface area contributed by atoms with Crippen LogP contribution in [-0.4, -0.2) is 15.2 Å². The maximum absolute atomic E-state index is 13.9. The number of hydrogen-bond donors (Lipinski definition) is 1. The first-order chi connectivity index (χ1) is 12.5. The number of nitrogens with zero attached hydrogens (tertiary/aromatic N) is 2. The average molecular weight is 381 g/mol. The zero-order chi connectivity index (χ0) is 18.3.